The minimum absolute atomic E-state index is 0.196. The average Bonchev–Trinajstić information content (AvgIpc) is 2.45. The number of hydrogen-bond donors (Lipinski definition) is 1. The molecule has 1 N–H and O–H groups in total. The minimum atomic E-state index is -0.296. The highest BCUT2D eigenvalue weighted by atomic mass is 16.5. The number of benzene rings is 1. The first-order valence-electron chi connectivity index (χ1n) is 7.04. The molecular weight excluding hydrogens is 256 g/mol. The Hall–Kier alpha value is -1.55. The fourth-order valence-electron chi connectivity index (χ4n) is 1.89. The highest BCUT2D eigenvalue weighted by Gasteiger charge is 2.06. The van der Waals surface area contributed by atoms with Gasteiger partial charge in [0.25, 0.3) is 0 Å². The predicted octanol–water partition coefficient (Wildman–Crippen LogP) is 2.64. The van der Waals surface area contributed by atoms with Crippen LogP contribution in [0.4, 0.5) is 0 Å². The van der Waals surface area contributed by atoms with Crippen molar-refractivity contribution >= 4 is 5.97 Å². The summed E-state index contributed by atoms with van der Waals surface area (Å²) in [5, 5.41) is 9.46. The van der Waals surface area contributed by atoms with Gasteiger partial charge >= 0.3 is 5.97 Å². The van der Waals surface area contributed by atoms with E-state index in [2.05, 4.69) is 4.74 Å². The molecule has 20 heavy (non-hydrogen) atoms. The third-order valence-corrected chi connectivity index (χ3v) is 3.33. The molecule has 1 aromatic rings. The van der Waals surface area contributed by atoms with Crippen molar-refractivity contribution in [3.05, 3.63) is 29.3 Å². The molecule has 0 aliphatic carbocycles. The normalized spacial score (nSPS) is 12.0. The van der Waals surface area contributed by atoms with Crippen molar-refractivity contribution in [2.24, 2.45) is 0 Å². The Labute approximate surface area is 120 Å². The third-order valence-electron chi connectivity index (χ3n) is 3.33. The summed E-state index contributed by atoms with van der Waals surface area (Å²) in [6.45, 7) is 4.46. The Kier molecular flexibility index (Phi) is 7.09. The van der Waals surface area contributed by atoms with Gasteiger partial charge in [-0.2, -0.15) is 0 Å². The van der Waals surface area contributed by atoms with Crippen molar-refractivity contribution in [2.45, 2.75) is 45.6 Å². The van der Waals surface area contributed by atoms with Crippen molar-refractivity contribution in [3.63, 3.8) is 0 Å². The number of ether oxygens (including phenoxy) is 2. The van der Waals surface area contributed by atoms with Gasteiger partial charge in [0.1, 0.15) is 5.75 Å². The van der Waals surface area contributed by atoms with Crippen LogP contribution in [0.5, 0.6) is 5.75 Å². The second kappa shape index (κ2) is 8.59. The first-order valence-corrected chi connectivity index (χ1v) is 7.04. The smallest absolute Gasteiger partial charge is 0.305 e. The van der Waals surface area contributed by atoms with Crippen molar-refractivity contribution in [1.82, 2.24) is 0 Å². The Morgan fingerprint density at radius 1 is 1.40 bits per heavy atom. The molecule has 0 aliphatic rings. The number of hydrogen-bond acceptors (Lipinski definition) is 4. The van der Waals surface area contributed by atoms with Crippen LogP contribution >= 0.6 is 0 Å². The molecule has 0 unspecified atom stereocenters. The van der Waals surface area contributed by atoms with Gasteiger partial charge < -0.3 is 14.6 Å². The van der Waals surface area contributed by atoms with Crippen LogP contribution < -0.4 is 4.74 Å². The second-order valence-corrected chi connectivity index (χ2v) is 4.86. The summed E-state index contributed by atoms with van der Waals surface area (Å²) in [6.07, 6.45) is 2.15. The van der Waals surface area contributed by atoms with Gasteiger partial charge in [0, 0.05) is 12.8 Å². The summed E-state index contributed by atoms with van der Waals surface area (Å²) in [4.78, 5) is 11.1. The molecule has 1 rings (SSSR count). The molecule has 4 nitrogen and oxygen atoms in total. The monoisotopic (exact) mass is 280 g/mol. The summed E-state index contributed by atoms with van der Waals surface area (Å²) in [5.41, 5.74) is 2.22. The number of methoxy groups -OCH3 is 1. The largest absolute Gasteiger partial charge is 0.493 e. The summed E-state index contributed by atoms with van der Waals surface area (Å²) in [5.74, 6) is 0.603. The number of aryl methyl sites for hydroxylation is 2. The van der Waals surface area contributed by atoms with E-state index in [9.17, 15) is 9.90 Å². The van der Waals surface area contributed by atoms with Gasteiger partial charge in [-0.25, -0.2) is 0 Å². The fraction of sp³-hybridized carbons (Fsp3) is 0.562. The lowest BCUT2D eigenvalue weighted by molar-refractivity contribution is -0.140. The van der Waals surface area contributed by atoms with E-state index in [0.717, 1.165) is 23.3 Å². The minimum Gasteiger partial charge on any atom is -0.493 e. The Morgan fingerprint density at radius 3 is 2.75 bits per heavy atom. The lowest BCUT2D eigenvalue weighted by atomic mass is 10.0. The highest BCUT2D eigenvalue weighted by Crippen LogP contribution is 2.19. The number of rotatable bonds is 8. The number of aliphatic hydroxyl groups is 1. The van der Waals surface area contributed by atoms with E-state index in [-0.39, 0.29) is 12.1 Å². The van der Waals surface area contributed by atoms with Crippen LogP contribution in [-0.4, -0.2) is 30.9 Å². The first-order chi connectivity index (χ1) is 9.56. The fourth-order valence-corrected chi connectivity index (χ4v) is 1.89. The zero-order valence-corrected chi connectivity index (χ0v) is 12.5. The van der Waals surface area contributed by atoms with Gasteiger partial charge in [0.05, 0.1) is 19.8 Å². The molecule has 112 valence electrons. The van der Waals surface area contributed by atoms with Gasteiger partial charge in [-0.05, 0) is 43.0 Å². The van der Waals surface area contributed by atoms with Crippen LogP contribution in [0.25, 0.3) is 0 Å². The zero-order valence-electron chi connectivity index (χ0n) is 12.5. The van der Waals surface area contributed by atoms with E-state index in [4.69, 9.17) is 4.74 Å². The van der Waals surface area contributed by atoms with E-state index in [1.54, 1.807) is 0 Å². The van der Waals surface area contributed by atoms with Crippen molar-refractivity contribution in [2.75, 3.05) is 13.7 Å². The average molecular weight is 280 g/mol. The molecule has 0 saturated heterocycles. The van der Waals surface area contributed by atoms with Crippen molar-refractivity contribution in [3.8, 4) is 5.75 Å². The van der Waals surface area contributed by atoms with Gasteiger partial charge in [-0.15, -0.1) is 0 Å². The van der Waals surface area contributed by atoms with Crippen molar-refractivity contribution in [1.29, 1.82) is 0 Å². The lowest BCUT2D eigenvalue weighted by Gasteiger charge is -2.11. The van der Waals surface area contributed by atoms with Gasteiger partial charge in [0.2, 0.25) is 0 Å². The van der Waals surface area contributed by atoms with Crippen LogP contribution in [0, 0.1) is 6.92 Å². The molecule has 0 fully saturated rings. The molecule has 0 aliphatic heterocycles. The quantitative estimate of drug-likeness (QED) is 0.744. The maximum absolute atomic E-state index is 11.1. The molecule has 0 bridgehead atoms. The van der Waals surface area contributed by atoms with Crippen LogP contribution in [0.15, 0.2) is 18.2 Å². The van der Waals surface area contributed by atoms with Gasteiger partial charge in [-0.3, -0.25) is 4.79 Å². The van der Waals surface area contributed by atoms with Crippen LogP contribution in [0.1, 0.15) is 37.3 Å². The molecule has 0 saturated carbocycles. The maximum atomic E-state index is 11.1. The van der Waals surface area contributed by atoms with E-state index < -0.39 is 0 Å². The summed E-state index contributed by atoms with van der Waals surface area (Å²) in [7, 11) is 1.40. The van der Waals surface area contributed by atoms with E-state index in [1.807, 2.05) is 32.0 Å². The molecule has 1 aromatic carbocycles. The van der Waals surface area contributed by atoms with E-state index in [1.165, 1.54) is 7.11 Å². The molecule has 0 heterocycles. The molecule has 0 aromatic heterocycles. The number of carbonyl (C=O) groups is 1. The van der Waals surface area contributed by atoms with Crippen LogP contribution in [0.3, 0.4) is 0 Å². The molecule has 1 atom stereocenters. The van der Waals surface area contributed by atoms with Crippen LogP contribution in [-0.2, 0) is 16.0 Å². The van der Waals surface area contributed by atoms with E-state index in [0.29, 0.717) is 25.9 Å². The summed E-state index contributed by atoms with van der Waals surface area (Å²) in [6, 6.07) is 5.84. The Morgan fingerprint density at radius 2 is 2.15 bits per heavy atom. The molecule has 0 amide bonds. The second-order valence-electron chi connectivity index (χ2n) is 4.86. The predicted molar refractivity (Wildman–Crippen MR) is 77.9 cm³/mol. The third kappa shape index (κ3) is 5.61. The van der Waals surface area contributed by atoms with Gasteiger partial charge in [-0.1, -0.05) is 13.0 Å². The Bertz CT molecular complexity index is 428. The molecular formula is C16H24O4. The Balaban J connectivity index is 2.48. The first kappa shape index (κ1) is 16.5. The SMILES string of the molecule is CC[C@H](O)CCOc1ccc(CCC(=O)OC)c(C)c1. The topological polar surface area (TPSA) is 55.8 Å². The van der Waals surface area contributed by atoms with Crippen LogP contribution in [0.2, 0.25) is 0 Å². The summed E-state index contributed by atoms with van der Waals surface area (Å²) >= 11 is 0. The standard InChI is InChI=1S/C16H24O4/c1-4-14(17)9-10-20-15-7-5-13(12(2)11-15)6-8-16(18)19-3/h5,7,11,14,17H,4,6,8-10H2,1-3H3/t14-/m0/s1. The van der Waals surface area contributed by atoms with Gasteiger partial charge in [0.15, 0.2) is 0 Å². The van der Waals surface area contributed by atoms with E-state index >= 15 is 0 Å². The zero-order chi connectivity index (χ0) is 15.0. The number of esters is 1. The number of aliphatic hydroxyl groups excluding tert-OH is 1. The highest BCUT2D eigenvalue weighted by molar-refractivity contribution is 5.69. The molecule has 0 spiro atoms. The molecule has 0 radical (unpaired) electrons. The maximum Gasteiger partial charge on any atom is 0.305 e. The number of carbonyl (C=O) groups excluding carboxylic acids is 1. The van der Waals surface area contributed by atoms with Crippen molar-refractivity contribution < 1.29 is 19.4 Å². The summed E-state index contributed by atoms with van der Waals surface area (Å²) < 4.78 is 10.2. The molecule has 4 heteroatoms. The lowest BCUT2D eigenvalue weighted by Crippen LogP contribution is -2.10.